The van der Waals surface area contributed by atoms with Crippen LogP contribution in [0.1, 0.15) is 41.7 Å². The lowest BCUT2D eigenvalue weighted by Crippen LogP contribution is -2.59. The van der Waals surface area contributed by atoms with E-state index >= 15 is 0 Å². The van der Waals surface area contributed by atoms with Crippen LogP contribution in [-0.2, 0) is 16.0 Å². The molecule has 0 saturated carbocycles. The Labute approximate surface area is 220 Å². The number of nitriles is 1. The van der Waals surface area contributed by atoms with E-state index in [9.17, 15) is 18.8 Å². The number of aromatic nitrogens is 1. The molecule has 1 aromatic carbocycles. The van der Waals surface area contributed by atoms with Gasteiger partial charge in [-0.15, -0.1) is 5.10 Å². The Bertz CT molecular complexity index is 1330. The maximum Gasteiger partial charge on any atom is 0.227 e. The summed E-state index contributed by atoms with van der Waals surface area (Å²) in [5.41, 5.74) is 1.97. The number of morpholine rings is 1. The fourth-order valence-corrected chi connectivity index (χ4v) is 5.25. The Balaban J connectivity index is 1.20. The average molecular weight is 522 g/mol. The van der Waals surface area contributed by atoms with Gasteiger partial charge in [0.25, 0.3) is 0 Å². The summed E-state index contributed by atoms with van der Waals surface area (Å²) in [6, 6.07) is 6.27. The highest BCUT2D eigenvalue weighted by molar-refractivity contribution is 5.82. The SMILES string of the molecule is Cc1c(C2CN3CCN(C(=O)Cc4cnc(N5C=NN=CCC5C)c(F)c4)CC3CO2)ccc(F)c1C#N. The van der Waals surface area contributed by atoms with E-state index in [0.717, 1.165) is 5.56 Å². The third-order valence-electron chi connectivity index (χ3n) is 7.49. The van der Waals surface area contributed by atoms with Gasteiger partial charge in [0.1, 0.15) is 18.2 Å². The molecule has 3 aliphatic heterocycles. The van der Waals surface area contributed by atoms with Gasteiger partial charge in [0.2, 0.25) is 5.91 Å². The summed E-state index contributed by atoms with van der Waals surface area (Å²) < 4.78 is 35.0. The van der Waals surface area contributed by atoms with Crippen LogP contribution in [0.4, 0.5) is 14.6 Å². The molecule has 4 heterocycles. The number of amides is 1. The molecule has 1 aromatic heterocycles. The summed E-state index contributed by atoms with van der Waals surface area (Å²) in [6.45, 7) is 6.41. The van der Waals surface area contributed by atoms with Crippen molar-refractivity contribution in [3.63, 3.8) is 0 Å². The Morgan fingerprint density at radius 1 is 1.21 bits per heavy atom. The number of carbonyl (C=O) groups excluding carboxylic acids is 1. The van der Waals surface area contributed by atoms with Crippen molar-refractivity contribution in [2.75, 3.05) is 37.7 Å². The van der Waals surface area contributed by atoms with Crippen molar-refractivity contribution >= 4 is 24.3 Å². The van der Waals surface area contributed by atoms with Crippen LogP contribution in [0.25, 0.3) is 0 Å². The fraction of sp³-hybridized carbons (Fsp3) is 0.444. The van der Waals surface area contributed by atoms with Crippen molar-refractivity contribution < 1.29 is 18.3 Å². The minimum absolute atomic E-state index is 0.0309. The smallest absolute Gasteiger partial charge is 0.227 e. The number of rotatable bonds is 4. The van der Waals surface area contributed by atoms with Gasteiger partial charge in [0, 0.05) is 51.1 Å². The fourth-order valence-electron chi connectivity index (χ4n) is 5.25. The number of benzene rings is 1. The molecule has 2 fully saturated rings. The van der Waals surface area contributed by atoms with Gasteiger partial charge in [-0.2, -0.15) is 10.4 Å². The largest absolute Gasteiger partial charge is 0.370 e. The lowest BCUT2D eigenvalue weighted by Gasteiger charge is -2.46. The van der Waals surface area contributed by atoms with Crippen molar-refractivity contribution in [3.8, 4) is 6.07 Å². The molecule has 9 nitrogen and oxygen atoms in total. The lowest BCUT2D eigenvalue weighted by atomic mass is 9.96. The van der Waals surface area contributed by atoms with Crippen LogP contribution in [0.2, 0.25) is 0 Å². The molecule has 38 heavy (non-hydrogen) atoms. The normalized spacial score (nSPS) is 23.6. The van der Waals surface area contributed by atoms with E-state index in [1.165, 1.54) is 24.7 Å². The first-order valence-corrected chi connectivity index (χ1v) is 12.7. The molecule has 0 radical (unpaired) electrons. The standard InChI is InChI=1S/C27H29F2N7O2/c1-17-5-6-32-33-16-36(17)27-24(29)9-19(12-31-27)10-26(37)35-8-7-34-14-25(38-15-20(34)13-35)21-3-4-23(28)22(11-30)18(21)2/h3-4,6,9,12,16-17,20,25H,5,7-8,10,13-15H2,1-2H3. The second-order valence-electron chi connectivity index (χ2n) is 9.91. The predicted octanol–water partition coefficient (Wildman–Crippen LogP) is 2.98. The van der Waals surface area contributed by atoms with Crippen molar-refractivity contribution in [2.45, 2.75) is 44.9 Å². The number of pyridine rings is 1. The quantitative estimate of drug-likeness (QED) is 0.614. The molecular formula is C27H29F2N7O2. The Hall–Kier alpha value is -3.75. The Morgan fingerprint density at radius 3 is 2.84 bits per heavy atom. The van der Waals surface area contributed by atoms with Crippen molar-refractivity contribution in [1.29, 1.82) is 5.26 Å². The number of ether oxygens (including phenoxy) is 1. The number of carbonyl (C=O) groups is 1. The zero-order valence-corrected chi connectivity index (χ0v) is 21.3. The minimum atomic E-state index is -0.528. The van der Waals surface area contributed by atoms with Crippen molar-refractivity contribution in [1.82, 2.24) is 14.8 Å². The highest BCUT2D eigenvalue weighted by Gasteiger charge is 2.36. The van der Waals surface area contributed by atoms with Crippen molar-refractivity contribution in [2.24, 2.45) is 10.2 Å². The molecule has 0 aliphatic carbocycles. The number of nitrogens with zero attached hydrogens (tertiary/aromatic N) is 7. The maximum atomic E-state index is 14.9. The van der Waals surface area contributed by atoms with Gasteiger partial charge >= 0.3 is 0 Å². The van der Waals surface area contributed by atoms with E-state index in [-0.39, 0.29) is 41.9 Å². The van der Waals surface area contributed by atoms with E-state index in [1.807, 2.05) is 13.0 Å². The van der Waals surface area contributed by atoms with Crippen LogP contribution < -0.4 is 4.90 Å². The molecule has 2 aromatic rings. The number of anilines is 1. The molecule has 198 valence electrons. The summed E-state index contributed by atoms with van der Waals surface area (Å²) in [5.74, 6) is -0.975. The van der Waals surface area contributed by atoms with Gasteiger partial charge in [-0.1, -0.05) is 6.07 Å². The van der Waals surface area contributed by atoms with Crippen LogP contribution in [0.15, 0.2) is 34.6 Å². The highest BCUT2D eigenvalue weighted by Crippen LogP contribution is 2.31. The maximum absolute atomic E-state index is 14.9. The van der Waals surface area contributed by atoms with Gasteiger partial charge in [-0.25, -0.2) is 13.8 Å². The van der Waals surface area contributed by atoms with E-state index in [0.29, 0.717) is 50.3 Å². The molecule has 1 amide bonds. The summed E-state index contributed by atoms with van der Waals surface area (Å²) in [6.07, 6.45) is 5.08. The van der Waals surface area contributed by atoms with Gasteiger partial charge < -0.3 is 14.5 Å². The summed E-state index contributed by atoms with van der Waals surface area (Å²) in [5, 5.41) is 17.0. The van der Waals surface area contributed by atoms with Crippen molar-refractivity contribution in [3.05, 3.63) is 58.3 Å². The van der Waals surface area contributed by atoms with Gasteiger partial charge in [0.15, 0.2) is 11.6 Å². The van der Waals surface area contributed by atoms with Crippen LogP contribution in [-0.4, -0.2) is 78.1 Å². The minimum Gasteiger partial charge on any atom is -0.370 e. The Kier molecular flexibility index (Phi) is 7.44. The van der Waals surface area contributed by atoms with E-state index in [1.54, 1.807) is 29.0 Å². The molecule has 3 atom stereocenters. The number of piperazine rings is 1. The molecule has 0 spiro atoms. The third kappa shape index (κ3) is 5.14. The Morgan fingerprint density at radius 2 is 2.05 bits per heavy atom. The number of hydrogen-bond acceptors (Lipinski definition) is 8. The van der Waals surface area contributed by atoms with E-state index in [4.69, 9.17) is 4.74 Å². The average Bonchev–Trinajstić information content (AvgIpc) is 3.12. The molecule has 0 N–H and O–H groups in total. The van der Waals surface area contributed by atoms with E-state index < -0.39 is 11.6 Å². The second kappa shape index (κ2) is 10.9. The predicted molar refractivity (Wildman–Crippen MR) is 138 cm³/mol. The molecule has 11 heteroatoms. The lowest BCUT2D eigenvalue weighted by molar-refractivity contribution is -0.139. The van der Waals surface area contributed by atoms with Crippen LogP contribution in [0.5, 0.6) is 0 Å². The van der Waals surface area contributed by atoms with Crippen LogP contribution in [0.3, 0.4) is 0 Å². The van der Waals surface area contributed by atoms with E-state index in [2.05, 4.69) is 20.1 Å². The highest BCUT2D eigenvalue weighted by atomic mass is 19.1. The second-order valence-corrected chi connectivity index (χ2v) is 9.91. The molecular weight excluding hydrogens is 492 g/mol. The monoisotopic (exact) mass is 521 g/mol. The first-order valence-electron chi connectivity index (χ1n) is 12.7. The number of halogens is 2. The van der Waals surface area contributed by atoms with Crippen LogP contribution in [0, 0.1) is 29.9 Å². The first kappa shape index (κ1) is 25.9. The molecule has 3 aliphatic rings. The third-order valence-corrected chi connectivity index (χ3v) is 7.49. The molecule has 2 saturated heterocycles. The summed E-state index contributed by atoms with van der Waals surface area (Å²) in [7, 11) is 0. The molecule has 3 unspecified atom stereocenters. The summed E-state index contributed by atoms with van der Waals surface area (Å²) >= 11 is 0. The van der Waals surface area contributed by atoms with Gasteiger partial charge in [-0.3, -0.25) is 9.69 Å². The number of hydrogen-bond donors (Lipinski definition) is 0. The number of fused-ring (bicyclic) bond motifs is 1. The molecule has 0 bridgehead atoms. The molecule has 5 rings (SSSR count). The summed E-state index contributed by atoms with van der Waals surface area (Å²) in [4.78, 5) is 23.1. The van der Waals surface area contributed by atoms with Gasteiger partial charge in [0.05, 0.1) is 30.7 Å². The topological polar surface area (TPSA) is 97.4 Å². The van der Waals surface area contributed by atoms with Gasteiger partial charge in [-0.05, 0) is 42.7 Å². The zero-order chi connectivity index (χ0) is 26.8. The first-order chi connectivity index (χ1) is 18.4. The van der Waals surface area contributed by atoms with Crippen LogP contribution >= 0.6 is 0 Å². The zero-order valence-electron chi connectivity index (χ0n) is 21.3.